The van der Waals surface area contributed by atoms with Crippen LogP contribution in [0.3, 0.4) is 0 Å². The molecule has 0 spiro atoms. The van der Waals surface area contributed by atoms with Crippen LogP contribution in [0.5, 0.6) is 5.75 Å². The number of likely N-dealkylation sites (N-methyl/N-ethyl adjacent to an activating group) is 1. The van der Waals surface area contributed by atoms with Crippen LogP contribution in [0.4, 0.5) is 5.13 Å². The second-order valence-corrected chi connectivity index (χ2v) is 7.80. The van der Waals surface area contributed by atoms with Crippen molar-refractivity contribution in [2.45, 2.75) is 6.92 Å². The lowest BCUT2D eigenvalue weighted by Crippen LogP contribution is -3.14. The summed E-state index contributed by atoms with van der Waals surface area (Å²) < 4.78 is 6.51. The van der Waals surface area contributed by atoms with Crippen LogP contribution in [0.25, 0.3) is 10.2 Å². The fourth-order valence-electron chi connectivity index (χ4n) is 3.31. The Kier molecular flexibility index (Phi) is 5.24. The molecule has 1 N–H and O–H groups in total. The number of benzene rings is 2. The summed E-state index contributed by atoms with van der Waals surface area (Å²) in [5.74, 6) is 0.0598. The average molecular weight is 393 g/mol. The van der Waals surface area contributed by atoms with E-state index in [-0.39, 0.29) is 0 Å². The highest BCUT2D eigenvalue weighted by molar-refractivity contribution is 7.22. The molecule has 0 unspecified atom stereocenters. The molecule has 3 aromatic rings. The fraction of sp³-hybridized carbons (Fsp3) is 0.286. The number of nitrogens with zero attached hydrogens (tertiary/aromatic N) is 3. The van der Waals surface area contributed by atoms with E-state index in [0.717, 1.165) is 41.5 Å². The first-order chi connectivity index (χ1) is 13.7. The highest BCUT2D eigenvalue weighted by atomic mass is 32.1. The number of thiazole rings is 1. The molecule has 0 bridgehead atoms. The van der Waals surface area contributed by atoms with Crippen LogP contribution in [0, 0.1) is 11.3 Å². The molecule has 1 saturated heterocycles. The van der Waals surface area contributed by atoms with Gasteiger partial charge in [-0.05, 0) is 43.3 Å². The Morgan fingerprint density at radius 2 is 2.00 bits per heavy atom. The normalized spacial score (nSPS) is 14.8. The number of carbonyl (C=O) groups is 1. The number of rotatable bonds is 4. The van der Waals surface area contributed by atoms with E-state index in [1.54, 1.807) is 46.6 Å². The molecule has 2 heterocycles. The number of nitriles is 1. The molecule has 0 aliphatic carbocycles. The van der Waals surface area contributed by atoms with Crippen molar-refractivity contribution in [2.75, 3.05) is 37.6 Å². The van der Waals surface area contributed by atoms with E-state index in [1.807, 2.05) is 18.2 Å². The van der Waals surface area contributed by atoms with E-state index in [1.165, 1.54) is 6.54 Å². The predicted octanol–water partition coefficient (Wildman–Crippen LogP) is 2.11. The van der Waals surface area contributed by atoms with Gasteiger partial charge in [-0.3, -0.25) is 0 Å². The molecule has 1 aliphatic heterocycles. The predicted molar refractivity (Wildman–Crippen MR) is 109 cm³/mol. The van der Waals surface area contributed by atoms with Gasteiger partial charge in [0, 0.05) is 6.07 Å². The molecule has 0 saturated carbocycles. The molecular formula is C21H21N4O2S+. The minimum Gasteiger partial charge on any atom is -0.423 e. The third kappa shape index (κ3) is 3.84. The zero-order valence-electron chi connectivity index (χ0n) is 15.6. The molecule has 1 fully saturated rings. The van der Waals surface area contributed by atoms with Crippen LogP contribution in [-0.4, -0.2) is 43.7 Å². The van der Waals surface area contributed by atoms with Gasteiger partial charge >= 0.3 is 5.97 Å². The standard InChI is InChI=1S/C21H20N4O2S/c1-2-24-9-11-25(12-10-24)21-23-18-8-7-17(13-19(18)28-21)27-20(26)16-5-3-15(14-22)4-6-16/h3-8,13H,2,9-12H2,1H3/p+1. The number of hydrogen-bond donors (Lipinski definition) is 1. The van der Waals surface area contributed by atoms with Crippen LogP contribution in [0.2, 0.25) is 0 Å². The zero-order chi connectivity index (χ0) is 19.5. The number of esters is 1. The Morgan fingerprint density at radius 3 is 2.68 bits per heavy atom. The van der Waals surface area contributed by atoms with Crippen LogP contribution in [0.15, 0.2) is 42.5 Å². The van der Waals surface area contributed by atoms with Crippen molar-refractivity contribution in [2.24, 2.45) is 0 Å². The number of piperazine rings is 1. The fourth-order valence-corrected chi connectivity index (χ4v) is 4.35. The summed E-state index contributed by atoms with van der Waals surface area (Å²) in [6.07, 6.45) is 0. The van der Waals surface area contributed by atoms with Gasteiger partial charge in [-0.2, -0.15) is 5.26 Å². The van der Waals surface area contributed by atoms with E-state index < -0.39 is 5.97 Å². The third-order valence-electron chi connectivity index (χ3n) is 5.05. The second kappa shape index (κ2) is 7.97. The zero-order valence-corrected chi connectivity index (χ0v) is 16.5. The first kappa shape index (κ1) is 18.4. The van der Waals surface area contributed by atoms with Gasteiger partial charge in [-0.15, -0.1) is 0 Å². The molecule has 142 valence electrons. The van der Waals surface area contributed by atoms with Crippen LogP contribution in [-0.2, 0) is 0 Å². The van der Waals surface area contributed by atoms with Crippen LogP contribution >= 0.6 is 11.3 Å². The van der Waals surface area contributed by atoms with Gasteiger partial charge in [0.2, 0.25) is 0 Å². The Bertz CT molecular complexity index is 1030. The molecule has 0 amide bonds. The van der Waals surface area contributed by atoms with Gasteiger partial charge in [0.25, 0.3) is 0 Å². The molecule has 0 radical (unpaired) electrons. The monoisotopic (exact) mass is 393 g/mol. The molecule has 7 heteroatoms. The van der Waals surface area contributed by atoms with Gasteiger partial charge in [-0.25, -0.2) is 9.78 Å². The first-order valence-corrected chi connectivity index (χ1v) is 10.2. The quantitative estimate of drug-likeness (QED) is 0.543. The SMILES string of the molecule is CC[NH+]1CCN(c2nc3ccc(OC(=O)c4ccc(C#N)cc4)cc3s2)CC1. The maximum Gasteiger partial charge on any atom is 0.343 e. The van der Waals surface area contributed by atoms with Gasteiger partial charge in [0.1, 0.15) is 5.75 Å². The highest BCUT2D eigenvalue weighted by Gasteiger charge is 2.21. The molecular weight excluding hydrogens is 372 g/mol. The van der Waals surface area contributed by atoms with E-state index in [9.17, 15) is 4.79 Å². The Labute approximate surface area is 167 Å². The maximum atomic E-state index is 12.3. The third-order valence-corrected chi connectivity index (χ3v) is 6.13. The summed E-state index contributed by atoms with van der Waals surface area (Å²) in [5.41, 5.74) is 1.85. The molecule has 1 aromatic heterocycles. The average Bonchev–Trinajstić information content (AvgIpc) is 3.17. The van der Waals surface area contributed by atoms with Crippen molar-refractivity contribution in [3.05, 3.63) is 53.6 Å². The molecule has 6 nitrogen and oxygen atoms in total. The lowest BCUT2D eigenvalue weighted by atomic mass is 10.1. The minimum absolute atomic E-state index is 0.417. The minimum atomic E-state index is -0.438. The van der Waals surface area contributed by atoms with E-state index in [4.69, 9.17) is 15.0 Å². The van der Waals surface area contributed by atoms with Crippen molar-refractivity contribution in [1.82, 2.24) is 4.98 Å². The largest absolute Gasteiger partial charge is 0.423 e. The Balaban J connectivity index is 1.48. The highest BCUT2D eigenvalue weighted by Crippen LogP contribution is 2.31. The van der Waals surface area contributed by atoms with Crippen molar-refractivity contribution < 1.29 is 14.4 Å². The summed E-state index contributed by atoms with van der Waals surface area (Å²) in [6.45, 7) is 7.71. The van der Waals surface area contributed by atoms with E-state index in [0.29, 0.717) is 16.9 Å². The number of hydrogen-bond acceptors (Lipinski definition) is 6. The number of fused-ring (bicyclic) bond motifs is 1. The van der Waals surface area contributed by atoms with Crippen molar-refractivity contribution in [3.8, 4) is 11.8 Å². The van der Waals surface area contributed by atoms with Crippen molar-refractivity contribution >= 4 is 32.7 Å². The topological polar surface area (TPSA) is 70.7 Å². The summed E-state index contributed by atoms with van der Waals surface area (Å²) in [5, 5.41) is 9.88. The van der Waals surface area contributed by atoms with Crippen molar-refractivity contribution in [3.63, 3.8) is 0 Å². The van der Waals surface area contributed by atoms with E-state index in [2.05, 4.69) is 11.8 Å². The lowest BCUT2D eigenvalue weighted by molar-refractivity contribution is -0.898. The van der Waals surface area contributed by atoms with Crippen LogP contribution in [0.1, 0.15) is 22.8 Å². The number of anilines is 1. The van der Waals surface area contributed by atoms with Gasteiger partial charge in [-0.1, -0.05) is 11.3 Å². The summed E-state index contributed by atoms with van der Waals surface area (Å²) in [6, 6.07) is 14.0. The molecule has 2 aromatic carbocycles. The van der Waals surface area contributed by atoms with Crippen molar-refractivity contribution in [1.29, 1.82) is 5.26 Å². The molecule has 0 atom stereocenters. The Hall–Kier alpha value is -2.95. The Morgan fingerprint density at radius 1 is 1.25 bits per heavy atom. The van der Waals surface area contributed by atoms with E-state index >= 15 is 0 Å². The van der Waals surface area contributed by atoms with Gasteiger partial charge < -0.3 is 14.5 Å². The smallest absolute Gasteiger partial charge is 0.343 e. The first-order valence-electron chi connectivity index (χ1n) is 9.37. The van der Waals surface area contributed by atoms with Crippen LogP contribution < -0.4 is 14.5 Å². The number of aromatic nitrogens is 1. The number of carbonyl (C=O) groups excluding carboxylic acids is 1. The second-order valence-electron chi connectivity index (χ2n) is 6.80. The lowest BCUT2D eigenvalue weighted by Gasteiger charge is -2.31. The molecule has 1 aliphatic rings. The van der Waals surface area contributed by atoms with Gasteiger partial charge in [0.15, 0.2) is 5.13 Å². The number of ether oxygens (including phenoxy) is 1. The maximum absolute atomic E-state index is 12.3. The molecule has 4 rings (SSSR count). The summed E-state index contributed by atoms with van der Waals surface area (Å²) >= 11 is 1.63. The number of nitrogens with one attached hydrogen (secondary N) is 1. The molecule has 28 heavy (non-hydrogen) atoms. The summed E-state index contributed by atoms with van der Waals surface area (Å²) in [4.78, 5) is 21.1. The van der Waals surface area contributed by atoms with Gasteiger partial charge in [0.05, 0.1) is 60.1 Å². The number of quaternary nitrogens is 1. The summed E-state index contributed by atoms with van der Waals surface area (Å²) in [7, 11) is 0.